The fraction of sp³-hybridized carbons (Fsp3) is 0.333. The Morgan fingerprint density at radius 1 is 1.23 bits per heavy atom. The number of aromatic nitrogens is 4. The van der Waals surface area contributed by atoms with Crippen LogP contribution in [0.5, 0.6) is 0 Å². The van der Waals surface area contributed by atoms with Gasteiger partial charge in [0.15, 0.2) is 0 Å². The van der Waals surface area contributed by atoms with E-state index >= 15 is 0 Å². The fourth-order valence-corrected chi connectivity index (χ4v) is 3.26. The number of para-hydroxylation sites is 1. The molecule has 0 radical (unpaired) electrons. The summed E-state index contributed by atoms with van der Waals surface area (Å²) in [6, 6.07) is 8.72. The second-order valence-electron chi connectivity index (χ2n) is 4.63. The highest BCUT2D eigenvalue weighted by Crippen LogP contribution is 2.13. The number of nitrogens with zero attached hydrogens (tertiary/aromatic N) is 5. The Balaban J connectivity index is 1.81. The molecule has 0 saturated carbocycles. The maximum absolute atomic E-state index is 12.4. The zero-order valence-corrected chi connectivity index (χ0v) is 12.3. The van der Waals surface area contributed by atoms with E-state index in [9.17, 15) is 13.2 Å². The summed E-state index contributed by atoms with van der Waals surface area (Å²) in [4.78, 5) is 12.7. The topological polar surface area (TPSA) is 107 Å². The van der Waals surface area contributed by atoms with Crippen LogP contribution in [0.4, 0.5) is 4.79 Å². The number of ether oxygens (including phenoxy) is 1. The minimum Gasteiger partial charge on any atom is -0.448 e. The van der Waals surface area contributed by atoms with E-state index in [1.54, 1.807) is 30.3 Å². The van der Waals surface area contributed by atoms with Crippen LogP contribution in [0.1, 0.15) is 0 Å². The van der Waals surface area contributed by atoms with Crippen LogP contribution in [-0.4, -0.2) is 65.1 Å². The maximum atomic E-state index is 12.4. The van der Waals surface area contributed by atoms with Crippen molar-refractivity contribution >= 4 is 15.9 Å². The molecule has 0 aliphatic carbocycles. The van der Waals surface area contributed by atoms with Gasteiger partial charge in [-0.1, -0.05) is 23.3 Å². The van der Waals surface area contributed by atoms with Gasteiger partial charge in [-0.3, -0.25) is 0 Å². The molecule has 1 aliphatic rings. The van der Waals surface area contributed by atoms with Crippen molar-refractivity contribution in [1.29, 1.82) is 0 Å². The average molecular weight is 323 g/mol. The Morgan fingerprint density at radius 2 is 2.00 bits per heavy atom. The molecule has 0 atom stereocenters. The predicted molar refractivity (Wildman–Crippen MR) is 74.1 cm³/mol. The summed E-state index contributed by atoms with van der Waals surface area (Å²) in [6.07, 6.45) is -0.502. The number of hydrogen-bond donors (Lipinski definition) is 0. The molecule has 1 amide bonds. The van der Waals surface area contributed by atoms with Crippen molar-refractivity contribution in [2.75, 3.05) is 25.4 Å². The summed E-state index contributed by atoms with van der Waals surface area (Å²) in [6.45, 7) is 0.710. The first kappa shape index (κ1) is 14.4. The van der Waals surface area contributed by atoms with E-state index in [4.69, 9.17) is 4.74 Å². The molecule has 22 heavy (non-hydrogen) atoms. The smallest absolute Gasteiger partial charge is 0.409 e. The molecule has 1 saturated heterocycles. The number of sulfone groups is 1. The van der Waals surface area contributed by atoms with Crippen molar-refractivity contribution in [1.82, 2.24) is 25.1 Å². The zero-order chi connectivity index (χ0) is 15.6. The minimum absolute atomic E-state index is 0.0445. The van der Waals surface area contributed by atoms with Crippen LogP contribution >= 0.6 is 0 Å². The van der Waals surface area contributed by atoms with Crippen LogP contribution in [-0.2, 0) is 14.6 Å². The van der Waals surface area contributed by atoms with Gasteiger partial charge in [-0.05, 0) is 22.6 Å². The largest absolute Gasteiger partial charge is 0.448 e. The molecule has 3 rings (SSSR count). The first-order valence-corrected chi connectivity index (χ1v) is 8.21. The number of rotatable bonds is 5. The second-order valence-corrected chi connectivity index (χ2v) is 6.63. The van der Waals surface area contributed by atoms with Gasteiger partial charge in [0, 0.05) is 6.54 Å². The van der Waals surface area contributed by atoms with Gasteiger partial charge in [0.25, 0.3) is 5.16 Å². The van der Waals surface area contributed by atoms with Crippen LogP contribution in [0.3, 0.4) is 0 Å². The van der Waals surface area contributed by atoms with Crippen molar-refractivity contribution in [3.8, 4) is 5.69 Å². The van der Waals surface area contributed by atoms with Gasteiger partial charge in [-0.2, -0.15) is 4.68 Å². The molecule has 0 spiro atoms. The van der Waals surface area contributed by atoms with Gasteiger partial charge in [-0.25, -0.2) is 13.2 Å². The minimum atomic E-state index is -3.73. The monoisotopic (exact) mass is 323 g/mol. The average Bonchev–Trinajstić information content (AvgIpc) is 3.15. The molecule has 1 aromatic heterocycles. The standard InChI is InChI=1S/C12H13N5O4S/c18-12-16(6-8-21-12)7-9-22(19,20)11-13-14-15-17(11)10-4-2-1-3-5-10/h1-5H,6-9H2. The van der Waals surface area contributed by atoms with Gasteiger partial charge < -0.3 is 9.64 Å². The van der Waals surface area contributed by atoms with E-state index in [2.05, 4.69) is 15.5 Å². The summed E-state index contributed by atoms with van der Waals surface area (Å²) >= 11 is 0. The lowest BCUT2D eigenvalue weighted by Gasteiger charge is -2.12. The van der Waals surface area contributed by atoms with Crippen LogP contribution in [0.25, 0.3) is 5.69 Å². The van der Waals surface area contributed by atoms with E-state index in [1.807, 2.05) is 0 Å². The normalized spacial score (nSPS) is 15.1. The third kappa shape index (κ3) is 2.77. The van der Waals surface area contributed by atoms with E-state index < -0.39 is 15.9 Å². The van der Waals surface area contributed by atoms with Crippen molar-refractivity contribution in [3.63, 3.8) is 0 Å². The van der Waals surface area contributed by atoms with E-state index in [-0.39, 0.29) is 24.1 Å². The number of cyclic esters (lactones) is 1. The molecule has 0 N–H and O–H groups in total. The molecular weight excluding hydrogens is 310 g/mol. The lowest BCUT2D eigenvalue weighted by molar-refractivity contribution is 0.160. The molecule has 2 aromatic rings. The number of carbonyl (C=O) groups excluding carboxylic acids is 1. The van der Waals surface area contributed by atoms with E-state index in [1.165, 1.54) is 4.90 Å². The fourth-order valence-electron chi connectivity index (χ4n) is 2.05. The summed E-state index contributed by atoms with van der Waals surface area (Å²) in [5, 5.41) is 10.5. The van der Waals surface area contributed by atoms with E-state index in [0.29, 0.717) is 12.2 Å². The SMILES string of the molecule is O=C1OCCN1CCS(=O)(=O)c1nnnn1-c1ccccc1. The Morgan fingerprint density at radius 3 is 2.68 bits per heavy atom. The molecule has 10 heteroatoms. The number of tetrazole rings is 1. The highest BCUT2D eigenvalue weighted by molar-refractivity contribution is 7.91. The third-order valence-corrected chi connectivity index (χ3v) is 4.73. The first-order valence-electron chi connectivity index (χ1n) is 6.56. The Labute approximate surface area is 126 Å². The van der Waals surface area contributed by atoms with Gasteiger partial charge in [0.1, 0.15) is 6.61 Å². The highest BCUT2D eigenvalue weighted by Gasteiger charge is 2.28. The second kappa shape index (κ2) is 5.72. The number of benzene rings is 1. The van der Waals surface area contributed by atoms with Crippen molar-refractivity contribution in [2.45, 2.75) is 5.16 Å². The van der Waals surface area contributed by atoms with Crippen LogP contribution in [0, 0.1) is 0 Å². The Hall–Kier alpha value is -2.49. The first-order chi connectivity index (χ1) is 10.6. The summed E-state index contributed by atoms with van der Waals surface area (Å²) in [5.74, 6) is -0.269. The number of carbonyl (C=O) groups is 1. The van der Waals surface area contributed by atoms with Gasteiger partial charge in [-0.15, -0.1) is 0 Å². The van der Waals surface area contributed by atoms with E-state index in [0.717, 1.165) is 4.68 Å². The predicted octanol–water partition coefficient (Wildman–Crippen LogP) is -0.112. The maximum Gasteiger partial charge on any atom is 0.409 e. The van der Waals surface area contributed by atoms with Gasteiger partial charge in [0.2, 0.25) is 9.84 Å². The van der Waals surface area contributed by atoms with Gasteiger partial charge >= 0.3 is 6.09 Å². The lowest BCUT2D eigenvalue weighted by Crippen LogP contribution is -2.30. The number of hydrogen-bond acceptors (Lipinski definition) is 7. The summed E-state index contributed by atoms with van der Waals surface area (Å²) in [5.41, 5.74) is 0.548. The molecule has 1 aromatic carbocycles. The van der Waals surface area contributed by atoms with Crippen molar-refractivity contribution in [3.05, 3.63) is 30.3 Å². The highest BCUT2D eigenvalue weighted by atomic mass is 32.2. The molecule has 1 fully saturated rings. The Kier molecular flexibility index (Phi) is 3.75. The van der Waals surface area contributed by atoms with Crippen LogP contribution in [0.15, 0.2) is 35.5 Å². The molecule has 2 heterocycles. The van der Waals surface area contributed by atoms with Crippen LogP contribution in [0.2, 0.25) is 0 Å². The lowest BCUT2D eigenvalue weighted by atomic mass is 10.3. The molecular formula is C12H13N5O4S. The summed E-state index contributed by atoms with van der Waals surface area (Å²) in [7, 11) is -3.73. The molecule has 9 nitrogen and oxygen atoms in total. The van der Waals surface area contributed by atoms with Gasteiger partial charge in [0.05, 0.1) is 18.0 Å². The van der Waals surface area contributed by atoms with Crippen LogP contribution < -0.4 is 0 Å². The summed E-state index contributed by atoms with van der Waals surface area (Å²) < 4.78 is 30.7. The van der Waals surface area contributed by atoms with Crippen molar-refractivity contribution in [2.24, 2.45) is 0 Å². The quantitative estimate of drug-likeness (QED) is 0.755. The Bertz CT molecular complexity index is 774. The molecule has 0 unspecified atom stereocenters. The molecule has 1 aliphatic heterocycles. The zero-order valence-electron chi connectivity index (χ0n) is 11.5. The third-order valence-electron chi connectivity index (χ3n) is 3.19. The van der Waals surface area contributed by atoms with Crippen molar-refractivity contribution < 1.29 is 17.9 Å². The molecule has 0 bridgehead atoms. The number of amides is 1. The molecule has 116 valence electrons.